The standard InChI is InChI=1S/C17H24F3N3O4S/c18-17(19,20)27-15-3-1-14(2-4-15)13-23-8-6-22(7-9-23)10-12-28(25,26)11-5-16(21)24/h1-4H,5-13H2,(H2,21,24). The van der Waals surface area contributed by atoms with Crippen LogP contribution in [0.2, 0.25) is 0 Å². The fraction of sp³-hybridized carbons (Fsp3) is 0.588. The molecule has 1 saturated heterocycles. The van der Waals surface area contributed by atoms with Crippen LogP contribution >= 0.6 is 0 Å². The van der Waals surface area contributed by atoms with E-state index in [0.29, 0.717) is 26.2 Å². The Morgan fingerprint density at radius 3 is 2.14 bits per heavy atom. The molecule has 0 aromatic heterocycles. The first-order valence-electron chi connectivity index (χ1n) is 8.80. The molecule has 0 radical (unpaired) electrons. The Morgan fingerprint density at radius 2 is 1.61 bits per heavy atom. The highest BCUT2D eigenvalue weighted by Gasteiger charge is 2.31. The van der Waals surface area contributed by atoms with Crippen molar-refractivity contribution >= 4 is 15.7 Å². The Kier molecular flexibility index (Phi) is 7.67. The molecule has 2 rings (SSSR count). The van der Waals surface area contributed by atoms with Gasteiger partial charge in [0.2, 0.25) is 5.91 Å². The van der Waals surface area contributed by atoms with Gasteiger partial charge >= 0.3 is 6.36 Å². The molecule has 1 aliphatic rings. The third kappa shape index (κ3) is 8.44. The van der Waals surface area contributed by atoms with Gasteiger partial charge in [0, 0.05) is 45.7 Å². The molecule has 11 heteroatoms. The maximum Gasteiger partial charge on any atom is 0.573 e. The summed E-state index contributed by atoms with van der Waals surface area (Å²) >= 11 is 0. The Balaban J connectivity index is 1.73. The van der Waals surface area contributed by atoms with Gasteiger partial charge in [0.05, 0.1) is 11.5 Å². The molecule has 0 atom stereocenters. The van der Waals surface area contributed by atoms with Gasteiger partial charge < -0.3 is 10.5 Å². The van der Waals surface area contributed by atoms with Crippen molar-refractivity contribution in [2.24, 2.45) is 5.73 Å². The molecule has 1 amide bonds. The third-order valence-electron chi connectivity index (χ3n) is 4.41. The highest BCUT2D eigenvalue weighted by Crippen LogP contribution is 2.23. The molecule has 1 fully saturated rings. The average Bonchev–Trinajstić information content (AvgIpc) is 2.60. The van der Waals surface area contributed by atoms with E-state index in [1.807, 2.05) is 4.90 Å². The number of nitrogens with zero attached hydrogens (tertiary/aromatic N) is 2. The van der Waals surface area contributed by atoms with E-state index in [-0.39, 0.29) is 23.7 Å². The second-order valence-electron chi connectivity index (χ2n) is 6.68. The number of benzene rings is 1. The van der Waals surface area contributed by atoms with Crippen LogP contribution in [0.25, 0.3) is 0 Å². The topological polar surface area (TPSA) is 92.9 Å². The molecule has 1 aromatic rings. The Bertz CT molecular complexity index is 746. The molecule has 2 N–H and O–H groups in total. The van der Waals surface area contributed by atoms with Crippen molar-refractivity contribution in [3.05, 3.63) is 29.8 Å². The second-order valence-corrected chi connectivity index (χ2v) is 8.98. The molecule has 0 unspecified atom stereocenters. The van der Waals surface area contributed by atoms with Gasteiger partial charge in [-0.05, 0) is 17.7 Å². The van der Waals surface area contributed by atoms with Crippen LogP contribution in [0.1, 0.15) is 12.0 Å². The fourth-order valence-corrected chi connectivity index (χ4v) is 4.10. The number of halogens is 3. The molecule has 1 aliphatic heterocycles. The highest BCUT2D eigenvalue weighted by molar-refractivity contribution is 7.91. The largest absolute Gasteiger partial charge is 0.573 e. The number of primary amides is 1. The van der Waals surface area contributed by atoms with Gasteiger partial charge in [-0.25, -0.2) is 8.42 Å². The molecule has 28 heavy (non-hydrogen) atoms. The summed E-state index contributed by atoms with van der Waals surface area (Å²) in [5, 5.41) is 0. The van der Waals surface area contributed by atoms with E-state index in [2.05, 4.69) is 9.64 Å². The molecule has 1 heterocycles. The van der Waals surface area contributed by atoms with Gasteiger partial charge in [0.1, 0.15) is 5.75 Å². The molecular formula is C17H24F3N3O4S. The van der Waals surface area contributed by atoms with Gasteiger partial charge in [-0.2, -0.15) is 0 Å². The monoisotopic (exact) mass is 423 g/mol. The molecule has 158 valence electrons. The number of hydrogen-bond acceptors (Lipinski definition) is 6. The number of sulfone groups is 1. The lowest BCUT2D eigenvalue weighted by atomic mass is 10.2. The number of carbonyl (C=O) groups excluding carboxylic acids is 1. The van der Waals surface area contributed by atoms with Crippen LogP contribution in [0, 0.1) is 0 Å². The predicted octanol–water partition coefficient (Wildman–Crippen LogP) is 0.993. The second kappa shape index (κ2) is 9.57. The number of ether oxygens (including phenoxy) is 1. The molecule has 1 aromatic carbocycles. The minimum Gasteiger partial charge on any atom is -0.406 e. The van der Waals surface area contributed by atoms with Gasteiger partial charge in [-0.3, -0.25) is 14.6 Å². The van der Waals surface area contributed by atoms with Crippen LogP contribution in [-0.4, -0.2) is 74.7 Å². The molecule has 0 spiro atoms. The van der Waals surface area contributed by atoms with Crippen molar-refractivity contribution in [2.75, 3.05) is 44.2 Å². The van der Waals surface area contributed by atoms with Gasteiger partial charge in [-0.15, -0.1) is 13.2 Å². The van der Waals surface area contributed by atoms with E-state index in [9.17, 15) is 26.4 Å². The van der Waals surface area contributed by atoms with E-state index in [1.54, 1.807) is 12.1 Å². The molecular weight excluding hydrogens is 399 g/mol. The lowest BCUT2D eigenvalue weighted by Gasteiger charge is -2.34. The van der Waals surface area contributed by atoms with Crippen LogP contribution in [0.3, 0.4) is 0 Å². The van der Waals surface area contributed by atoms with Crippen molar-refractivity contribution in [1.82, 2.24) is 9.80 Å². The Morgan fingerprint density at radius 1 is 1.04 bits per heavy atom. The Labute approximate surface area is 162 Å². The van der Waals surface area contributed by atoms with E-state index < -0.39 is 22.1 Å². The zero-order valence-electron chi connectivity index (χ0n) is 15.3. The lowest BCUT2D eigenvalue weighted by molar-refractivity contribution is -0.274. The summed E-state index contributed by atoms with van der Waals surface area (Å²) in [5.74, 6) is -1.12. The van der Waals surface area contributed by atoms with Crippen molar-refractivity contribution in [3.8, 4) is 5.75 Å². The maximum absolute atomic E-state index is 12.2. The number of hydrogen-bond donors (Lipinski definition) is 1. The van der Waals surface area contributed by atoms with Gasteiger partial charge in [-0.1, -0.05) is 12.1 Å². The predicted molar refractivity (Wildman–Crippen MR) is 97.3 cm³/mol. The summed E-state index contributed by atoms with van der Waals surface area (Å²) in [6.07, 6.45) is -4.87. The minimum atomic E-state index is -4.70. The van der Waals surface area contributed by atoms with Crippen molar-refractivity contribution in [3.63, 3.8) is 0 Å². The van der Waals surface area contributed by atoms with Crippen LogP contribution in [0.15, 0.2) is 24.3 Å². The summed E-state index contributed by atoms with van der Waals surface area (Å²) in [7, 11) is -3.30. The zero-order valence-corrected chi connectivity index (χ0v) is 16.1. The normalized spacial score (nSPS) is 16.8. The quantitative estimate of drug-likeness (QED) is 0.637. The molecule has 0 saturated carbocycles. The summed E-state index contributed by atoms with van der Waals surface area (Å²) in [5.41, 5.74) is 5.85. The number of nitrogens with two attached hydrogens (primary N) is 1. The summed E-state index contributed by atoms with van der Waals surface area (Å²) in [6.45, 7) is 3.83. The van der Waals surface area contributed by atoms with E-state index in [1.165, 1.54) is 12.1 Å². The summed E-state index contributed by atoms with van der Waals surface area (Å²) in [6, 6.07) is 5.77. The number of carbonyl (C=O) groups is 1. The van der Waals surface area contributed by atoms with E-state index in [0.717, 1.165) is 18.7 Å². The van der Waals surface area contributed by atoms with Crippen LogP contribution < -0.4 is 10.5 Å². The highest BCUT2D eigenvalue weighted by atomic mass is 32.2. The maximum atomic E-state index is 12.2. The van der Waals surface area contributed by atoms with Crippen LogP contribution in [0.5, 0.6) is 5.75 Å². The number of rotatable bonds is 9. The van der Waals surface area contributed by atoms with Crippen molar-refractivity contribution < 1.29 is 31.1 Å². The number of piperazine rings is 1. The first-order valence-corrected chi connectivity index (χ1v) is 10.6. The van der Waals surface area contributed by atoms with Gasteiger partial charge in [0.15, 0.2) is 9.84 Å². The van der Waals surface area contributed by atoms with E-state index in [4.69, 9.17) is 5.73 Å². The van der Waals surface area contributed by atoms with Crippen molar-refractivity contribution in [2.45, 2.75) is 19.3 Å². The molecule has 0 aliphatic carbocycles. The SMILES string of the molecule is NC(=O)CCS(=O)(=O)CCN1CCN(Cc2ccc(OC(F)(F)F)cc2)CC1. The third-order valence-corrected chi connectivity index (χ3v) is 6.04. The molecule has 0 bridgehead atoms. The van der Waals surface area contributed by atoms with Gasteiger partial charge in [0.25, 0.3) is 0 Å². The number of alkyl halides is 3. The fourth-order valence-electron chi connectivity index (χ4n) is 2.85. The average molecular weight is 423 g/mol. The number of amides is 1. The van der Waals surface area contributed by atoms with E-state index >= 15 is 0 Å². The Hall–Kier alpha value is -1.85. The summed E-state index contributed by atoms with van der Waals surface area (Å²) in [4.78, 5) is 14.9. The van der Waals surface area contributed by atoms with Crippen LogP contribution in [0.4, 0.5) is 13.2 Å². The lowest BCUT2D eigenvalue weighted by Crippen LogP contribution is -2.47. The summed E-state index contributed by atoms with van der Waals surface area (Å²) < 4.78 is 64.1. The molecule has 7 nitrogen and oxygen atoms in total. The zero-order chi connectivity index (χ0) is 20.8. The smallest absolute Gasteiger partial charge is 0.406 e. The minimum absolute atomic E-state index is 0.0129. The van der Waals surface area contributed by atoms with Crippen LogP contribution in [-0.2, 0) is 21.2 Å². The van der Waals surface area contributed by atoms with Crippen molar-refractivity contribution in [1.29, 1.82) is 0 Å². The first kappa shape index (κ1) is 22.4. The first-order chi connectivity index (χ1) is 13.0.